The standard InChI is InChI=1S/C10H9F5N4O/c11-9(12,10(13,14)15)6-3-5(7(16)19-20)17-8(18-6)4-1-2-4/h3-4,20H,1-2H2,(H2,16,19). The molecule has 0 bridgehead atoms. The highest BCUT2D eigenvalue weighted by Crippen LogP contribution is 2.44. The Morgan fingerprint density at radius 3 is 2.30 bits per heavy atom. The molecule has 1 aliphatic carbocycles. The van der Waals surface area contributed by atoms with Crippen LogP contribution in [0, 0.1) is 0 Å². The van der Waals surface area contributed by atoms with Crippen LogP contribution >= 0.6 is 0 Å². The third-order valence-corrected chi connectivity index (χ3v) is 2.73. The number of hydrogen-bond acceptors (Lipinski definition) is 4. The predicted octanol–water partition coefficient (Wildman–Crippen LogP) is 2.10. The van der Waals surface area contributed by atoms with Gasteiger partial charge in [-0.1, -0.05) is 5.16 Å². The lowest BCUT2D eigenvalue weighted by molar-refractivity contribution is -0.291. The Labute approximate surface area is 109 Å². The van der Waals surface area contributed by atoms with Gasteiger partial charge in [-0.2, -0.15) is 22.0 Å². The van der Waals surface area contributed by atoms with Crippen LogP contribution in [0.25, 0.3) is 0 Å². The van der Waals surface area contributed by atoms with E-state index in [2.05, 4.69) is 15.1 Å². The fourth-order valence-corrected chi connectivity index (χ4v) is 1.48. The van der Waals surface area contributed by atoms with Gasteiger partial charge in [0.25, 0.3) is 0 Å². The van der Waals surface area contributed by atoms with Gasteiger partial charge in [-0.15, -0.1) is 0 Å². The van der Waals surface area contributed by atoms with Gasteiger partial charge >= 0.3 is 12.1 Å². The Morgan fingerprint density at radius 1 is 1.25 bits per heavy atom. The molecule has 0 unspecified atom stereocenters. The summed E-state index contributed by atoms with van der Waals surface area (Å²) in [6, 6.07) is 0.369. The van der Waals surface area contributed by atoms with E-state index in [0.29, 0.717) is 18.9 Å². The number of rotatable bonds is 3. The molecule has 1 aliphatic rings. The smallest absolute Gasteiger partial charge is 0.409 e. The molecule has 3 N–H and O–H groups in total. The van der Waals surface area contributed by atoms with E-state index >= 15 is 0 Å². The monoisotopic (exact) mass is 296 g/mol. The molecule has 1 fully saturated rings. The largest absolute Gasteiger partial charge is 0.459 e. The van der Waals surface area contributed by atoms with Crippen molar-refractivity contribution in [1.82, 2.24) is 9.97 Å². The van der Waals surface area contributed by atoms with Crippen LogP contribution < -0.4 is 5.73 Å². The second-order valence-corrected chi connectivity index (χ2v) is 4.33. The van der Waals surface area contributed by atoms with Crippen molar-refractivity contribution in [2.75, 3.05) is 0 Å². The fourth-order valence-electron chi connectivity index (χ4n) is 1.48. The molecule has 110 valence electrons. The van der Waals surface area contributed by atoms with Crippen LogP contribution in [0.2, 0.25) is 0 Å². The van der Waals surface area contributed by atoms with Crippen molar-refractivity contribution in [2.24, 2.45) is 10.9 Å². The molecule has 0 spiro atoms. The lowest BCUT2D eigenvalue weighted by Gasteiger charge is -2.19. The number of hydrogen-bond donors (Lipinski definition) is 2. The first kappa shape index (κ1) is 14.4. The van der Waals surface area contributed by atoms with Crippen molar-refractivity contribution < 1.29 is 27.2 Å². The maximum atomic E-state index is 13.3. The van der Waals surface area contributed by atoms with Gasteiger partial charge in [-0.3, -0.25) is 0 Å². The van der Waals surface area contributed by atoms with Gasteiger partial charge in [0.2, 0.25) is 0 Å². The van der Waals surface area contributed by atoms with Crippen LogP contribution in [0.5, 0.6) is 0 Å². The highest BCUT2D eigenvalue weighted by molar-refractivity contribution is 5.95. The number of aromatic nitrogens is 2. The zero-order valence-corrected chi connectivity index (χ0v) is 9.82. The van der Waals surface area contributed by atoms with Crippen molar-refractivity contribution in [1.29, 1.82) is 0 Å². The quantitative estimate of drug-likeness (QED) is 0.294. The Bertz CT molecular complexity index is 553. The number of nitrogens with two attached hydrogens (primary N) is 1. The van der Waals surface area contributed by atoms with Crippen LogP contribution in [0.15, 0.2) is 11.2 Å². The summed E-state index contributed by atoms with van der Waals surface area (Å²) in [6.45, 7) is 0. The third kappa shape index (κ3) is 2.49. The van der Waals surface area contributed by atoms with E-state index in [-0.39, 0.29) is 11.7 Å². The molecule has 1 saturated carbocycles. The second kappa shape index (κ2) is 4.53. The first-order valence-corrected chi connectivity index (χ1v) is 5.48. The maximum absolute atomic E-state index is 13.3. The molecule has 20 heavy (non-hydrogen) atoms. The normalized spacial score (nSPS) is 17.4. The van der Waals surface area contributed by atoms with Crippen LogP contribution in [-0.4, -0.2) is 27.2 Å². The molecule has 0 saturated heterocycles. The number of nitrogens with zero attached hydrogens (tertiary/aromatic N) is 3. The van der Waals surface area contributed by atoms with Crippen LogP contribution in [0.4, 0.5) is 22.0 Å². The minimum Gasteiger partial charge on any atom is -0.409 e. The fraction of sp³-hybridized carbons (Fsp3) is 0.500. The molecule has 0 amide bonds. The van der Waals surface area contributed by atoms with Gasteiger partial charge in [0, 0.05) is 5.92 Å². The Hall–Kier alpha value is -2.00. The third-order valence-electron chi connectivity index (χ3n) is 2.73. The maximum Gasteiger partial charge on any atom is 0.459 e. The van der Waals surface area contributed by atoms with Gasteiger partial charge in [-0.05, 0) is 18.9 Å². The van der Waals surface area contributed by atoms with Crippen molar-refractivity contribution in [3.8, 4) is 0 Å². The molecular weight excluding hydrogens is 287 g/mol. The minimum absolute atomic E-state index is 0.159. The van der Waals surface area contributed by atoms with Gasteiger partial charge in [-0.25, -0.2) is 9.97 Å². The molecular formula is C10H9F5N4O. The molecule has 2 rings (SSSR count). The SMILES string of the molecule is N/C(=N\O)c1cc(C(F)(F)C(F)(F)F)nc(C2CC2)n1. The Kier molecular flexibility index (Phi) is 3.26. The van der Waals surface area contributed by atoms with E-state index in [9.17, 15) is 22.0 Å². The lowest BCUT2D eigenvalue weighted by atomic mass is 10.1. The minimum atomic E-state index is -5.79. The molecule has 0 aromatic carbocycles. The molecule has 5 nitrogen and oxygen atoms in total. The number of amidine groups is 1. The summed E-state index contributed by atoms with van der Waals surface area (Å²) in [5.74, 6) is -6.23. The Balaban J connectivity index is 2.55. The average Bonchev–Trinajstić information content (AvgIpc) is 3.20. The molecule has 0 radical (unpaired) electrons. The van der Waals surface area contributed by atoms with E-state index in [0.717, 1.165) is 0 Å². The Morgan fingerprint density at radius 2 is 1.85 bits per heavy atom. The topological polar surface area (TPSA) is 84.4 Å². The van der Waals surface area contributed by atoms with Gasteiger partial charge < -0.3 is 10.9 Å². The van der Waals surface area contributed by atoms with Crippen molar-refractivity contribution in [3.05, 3.63) is 23.3 Å². The van der Waals surface area contributed by atoms with Crippen molar-refractivity contribution >= 4 is 5.84 Å². The zero-order valence-electron chi connectivity index (χ0n) is 9.82. The highest BCUT2D eigenvalue weighted by atomic mass is 19.4. The van der Waals surface area contributed by atoms with Crippen molar-refractivity contribution in [3.63, 3.8) is 0 Å². The summed E-state index contributed by atoms with van der Waals surface area (Å²) in [6.07, 6.45) is -4.60. The van der Waals surface area contributed by atoms with Crippen LogP contribution in [0.3, 0.4) is 0 Å². The van der Waals surface area contributed by atoms with E-state index < -0.39 is 29.3 Å². The first-order chi connectivity index (χ1) is 9.16. The lowest BCUT2D eigenvalue weighted by Crippen LogP contribution is -2.35. The second-order valence-electron chi connectivity index (χ2n) is 4.33. The van der Waals surface area contributed by atoms with E-state index in [1.807, 2.05) is 0 Å². The summed E-state index contributed by atoms with van der Waals surface area (Å²) < 4.78 is 63.7. The molecule has 0 atom stereocenters. The summed E-state index contributed by atoms with van der Waals surface area (Å²) in [5, 5.41) is 11.0. The predicted molar refractivity (Wildman–Crippen MR) is 56.5 cm³/mol. The number of halogens is 5. The van der Waals surface area contributed by atoms with Gasteiger partial charge in [0.15, 0.2) is 5.84 Å². The van der Waals surface area contributed by atoms with Crippen LogP contribution in [-0.2, 0) is 5.92 Å². The molecule has 1 aromatic rings. The summed E-state index contributed by atoms with van der Waals surface area (Å²) in [4.78, 5) is 7.01. The molecule has 1 aromatic heterocycles. The van der Waals surface area contributed by atoms with E-state index in [1.54, 1.807) is 0 Å². The molecule has 0 aliphatic heterocycles. The average molecular weight is 296 g/mol. The van der Waals surface area contributed by atoms with E-state index in [4.69, 9.17) is 10.9 Å². The van der Waals surface area contributed by atoms with Gasteiger partial charge in [0.05, 0.1) is 0 Å². The summed E-state index contributed by atoms with van der Waals surface area (Å²) in [7, 11) is 0. The van der Waals surface area contributed by atoms with Crippen molar-refractivity contribution in [2.45, 2.75) is 30.9 Å². The summed E-state index contributed by atoms with van der Waals surface area (Å²) in [5.41, 5.74) is 3.21. The molecule has 1 heterocycles. The summed E-state index contributed by atoms with van der Waals surface area (Å²) >= 11 is 0. The van der Waals surface area contributed by atoms with E-state index in [1.165, 1.54) is 0 Å². The zero-order chi connectivity index (χ0) is 15.1. The first-order valence-electron chi connectivity index (χ1n) is 5.48. The number of oxime groups is 1. The van der Waals surface area contributed by atoms with Gasteiger partial charge in [0.1, 0.15) is 17.2 Å². The highest BCUT2D eigenvalue weighted by Gasteiger charge is 2.60. The molecule has 10 heteroatoms. The number of alkyl halides is 5. The van der Waals surface area contributed by atoms with Crippen LogP contribution in [0.1, 0.15) is 36.0 Å².